The molecule has 0 saturated heterocycles. The van der Waals surface area contributed by atoms with Crippen LogP contribution in [0.5, 0.6) is 0 Å². The van der Waals surface area contributed by atoms with Crippen molar-refractivity contribution in [1.82, 2.24) is 0 Å². The summed E-state index contributed by atoms with van der Waals surface area (Å²) in [6.07, 6.45) is 0. The minimum Gasteiger partial charge on any atom is -0.456 e. The maximum absolute atomic E-state index is 6.61. The van der Waals surface area contributed by atoms with Crippen LogP contribution in [0.3, 0.4) is 0 Å². The Morgan fingerprint density at radius 3 is 1.71 bits per heavy atom. The molecule has 258 valence electrons. The second kappa shape index (κ2) is 12.6. The van der Waals surface area contributed by atoms with Crippen LogP contribution in [0.25, 0.3) is 88.0 Å². The van der Waals surface area contributed by atoms with Gasteiger partial charge in [-0.1, -0.05) is 146 Å². The van der Waals surface area contributed by atoms with Crippen molar-refractivity contribution in [1.29, 1.82) is 0 Å². The highest BCUT2D eigenvalue weighted by Gasteiger charge is 2.20. The number of hydrogen-bond acceptors (Lipinski definition) is 3. The quantitative estimate of drug-likeness (QED) is 0.173. The van der Waals surface area contributed by atoms with Crippen LogP contribution in [0, 0.1) is 0 Å². The Bertz CT molecular complexity index is 3200. The standard InChI is InChI=1S/C52H33NO2/c1-2-15-41-35(11-1)12-8-18-42(41)38-14-7-13-37(33-38)34-25-29-39(30-26-34)53(47-21-9-20-45-44-16-3-5-22-48(44)55-52(45)47)40-31-27-36(28-32-40)43-19-10-24-50-51(43)46-17-4-6-23-49(46)54-50/h1-33H. The Morgan fingerprint density at radius 1 is 0.327 bits per heavy atom. The molecule has 0 saturated carbocycles. The molecule has 0 atom stereocenters. The first-order valence-corrected chi connectivity index (χ1v) is 18.7. The lowest BCUT2D eigenvalue weighted by Crippen LogP contribution is -2.10. The van der Waals surface area contributed by atoms with Gasteiger partial charge in [0.25, 0.3) is 0 Å². The zero-order chi connectivity index (χ0) is 36.3. The first-order chi connectivity index (χ1) is 27.3. The number of para-hydroxylation sites is 3. The van der Waals surface area contributed by atoms with Crippen LogP contribution in [0.15, 0.2) is 209 Å². The summed E-state index contributed by atoms with van der Waals surface area (Å²) >= 11 is 0. The Balaban J connectivity index is 1.02. The lowest BCUT2D eigenvalue weighted by molar-refractivity contribution is 0.668. The van der Waals surface area contributed by atoms with Crippen molar-refractivity contribution >= 4 is 71.7 Å². The van der Waals surface area contributed by atoms with Gasteiger partial charge in [0.2, 0.25) is 0 Å². The number of anilines is 3. The van der Waals surface area contributed by atoms with Crippen LogP contribution in [-0.2, 0) is 0 Å². The van der Waals surface area contributed by atoms with Crippen LogP contribution in [0.4, 0.5) is 17.1 Å². The molecule has 3 nitrogen and oxygen atoms in total. The third-order valence-electron chi connectivity index (χ3n) is 10.9. The SMILES string of the molecule is c1cc(-c2ccc(N(c3ccc(-c4cccc5oc6ccccc6c45)cc3)c3cccc4c3oc3ccccc34)cc2)cc(-c2cccc3ccccc23)c1. The van der Waals surface area contributed by atoms with E-state index in [4.69, 9.17) is 8.83 Å². The van der Waals surface area contributed by atoms with Gasteiger partial charge in [-0.2, -0.15) is 0 Å². The van der Waals surface area contributed by atoms with Gasteiger partial charge in [0.1, 0.15) is 16.7 Å². The minimum atomic E-state index is 0.856. The summed E-state index contributed by atoms with van der Waals surface area (Å²) in [5.74, 6) is 0. The van der Waals surface area contributed by atoms with Gasteiger partial charge < -0.3 is 13.7 Å². The van der Waals surface area contributed by atoms with E-state index in [2.05, 4.69) is 175 Å². The maximum Gasteiger partial charge on any atom is 0.159 e. The van der Waals surface area contributed by atoms with Crippen molar-refractivity contribution in [3.63, 3.8) is 0 Å². The predicted molar refractivity (Wildman–Crippen MR) is 229 cm³/mol. The highest BCUT2D eigenvalue weighted by Crippen LogP contribution is 2.44. The number of hydrogen-bond donors (Lipinski definition) is 0. The maximum atomic E-state index is 6.61. The smallest absolute Gasteiger partial charge is 0.159 e. The molecular weight excluding hydrogens is 671 g/mol. The van der Waals surface area contributed by atoms with Gasteiger partial charge in [-0.3, -0.25) is 0 Å². The Labute approximate surface area is 317 Å². The summed E-state index contributed by atoms with van der Waals surface area (Å²) in [4.78, 5) is 2.30. The molecule has 2 aromatic heterocycles. The van der Waals surface area contributed by atoms with E-state index in [9.17, 15) is 0 Å². The zero-order valence-electron chi connectivity index (χ0n) is 29.8. The lowest BCUT2D eigenvalue weighted by atomic mass is 9.95. The molecule has 0 amide bonds. The summed E-state index contributed by atoms with van der Waals surface area (Å²) in [5, 5.41) is 6.96. The second-order valence-electron chi connectivity index (χ2n) is 14.1. The summed E-state index contributed by atoms with van der Waals surface area (Å²) in [5.41, 5.74) is 13.6. The van der Waals surface area contributed by atoms with E-state index in [1.54, 1.807) is 0 Å². The van der Waals surface area contributed by atoms with E-state index in [-0.39, 0.29) is 0 Å². The van der Waals surface area contributed by atoms with E-state index < -0.39 is 0 Å². The zero-order valence-corrected chi connectivity index (χ0v) is 29.8. The topological polar surface area (TPSA) is 29.5 Å². The van der Waals surface area contributed by atoms with Crippen LogP contribution in [0.2, 0.25) is 0 Å². The van der Waals surface area contributed by atoms with Gasteiger partial charge in [0.15, 0.2) is 5.58 Å². The van der Waals surface area contributed by atoms with E-state index in [0.717, 1.165) is 77.6 Å². The molecule has 0 unspecified atom stereocenters. The minimum absolute atomic E-state index is 0.856. The van der Waals surface area contributed by atoms with E-state index in [1.807, 2.05) is 30.3 Å². The molecular formula is C52H33NO2. The molecule has 0 N–H and O–H groups in total. The van der Waals surface area contributed by atoms with Gasteiger partial charge >= 0.3 is 0 Å². The largest absolute Gasteiger partial charge is 0.456 e. The first kappa shape index (κ1) is 31.2. The average molecular weight is 704 g/mol. The van der Waals surface area contributed by atoms with Crippen LogP contribution in [-0.4, -0.2) is 0 Å². The number of nitrogens with zero attached hydrogens (tertiary/aromatic N) is 1. The molecule has 9 aromatic carbocycles. The Morgan fingerprint density at radius 2 is 0.891 bits per heavy atom. The number of furan rings is 2. The van der Waals surface area contributed by atoms with Crippen molar-refractivity contribution in [3.05, 3.63) is 200 Å². The number of benzene rings is 9. The lowest BCUT2D eigenvalue weighted by Gasteiger charge is -2.26. The third-order valence-corrected chi connectivity index (χ3v) is 10.9. The highest BCUT2D eigenvalue weighted by molar-refractivity contribution is 6.13. The second-order valence-corrected chi connectivity index (χ2v) is 14.1. The first-order valence-electron chi connectivity index (χ1n) is 18.7. The normalized spacial score (nSPS) is 11.6. The molecule has 0 fully saturated rings. The van der Waals surface area contributed by atoms with Crippen LogP contribution < -0.4 is 4.90 Å². The van der Waals surface area contributed by atoms with Gasteiger partial charge in [0, 0.05) is 32.9 Å². The summed E-state index contributed by atoms with van der Waals surface area (Å²) < 4.78 is 12.8. The molecule has 0 bridgehead atoms. The van der Waals surface area contributed by atoms with Crippen LogP contribution >= 0.6 is 0 Å². The number of rotatable bonds is 6. The molecule has 3 heteroatoms. The molecule has 55 heavy (non-hydrogen) atoms. The van der Waals surface area contributed by atoms with Crippen molar-refractivity contribution in [2.75, 3.05) is 4.90 Å². The Hall–Kier alpha value is -7.36. The van der Waals surface area contributed by atoms with E-state index >= 15 is 0 Å². The highest BCUT2D eigenvalue weighted by atomic mass is 16.3. The van der Waals surface area contributed by atoms with Gasteiger partial charge in [-0.05, 0) is 98.8 Å². The van der Waals surface area contributed by atoms with Gasteiger partial charge in [-0.15, -0.1) is 0 Å². The van der Waals surface area contributed by atoms with Crippen molar-refractivity contribution in [3.8, 4) is 33.4 Å². The van der Waals surface area contributed by atoms with Crippen molar-refractivity contribution in [2.45, 2.75) is 0 Å². The van der Waals surface area contributed by atoms with E-state index in [0.29, 0.717) is 0 Å². The number of fused-ring (bicyclic) bond motifs is 7. The summed E-state index contributed by atoms with van der Waals surface area (Å²) in [6.45, 7) is 0. The molecule has 0 aliphatic carbocycles. The molecule has 2 heterocycles. The van der Waals surface area contributed by atoms with Crippen LogP contribution in [0.1, 0.15) is 0 Å². The van der Waals surface area contributed by atoms with Gasteiger partial charge in [0.05, 0.1) is 5.69 Å². The molecule has 11 aromatic rings. The summed E-state index contributed by atoms with van der Waals surface area (Å²) in [6, 6.07) is 70.9. The van der Waals surface area contributed by atoms with Crippen molar-refractivity contribution in [2.24, 2.45) is 0 Å². The predicted octanol–water partition coefficient (Wildman–Crippen LogP) is 15.1. The molecule has 0 spiro atoms. The fraction of sp³-hybridized carbons (Fsp3) is 0. The van der Waals surface area contributed by atoms with E-state index in [1.165, 1.54) is 27.5 Å². The van der Waals surface area contributed by atoms with Crippen molar-refractivity contribution < 1.29 is 8.83 Å². The average Bonchev–Trinajstić information content (AvgIpc) is 3.83. The fourth-order valence-corrected chi connectivity index (χ4v) is 8.29. The molecule has 0 radical (unpaired) electrons. The summed E-state index contributed by atoms with van der Waals surface area (Å²) in [7, 11) is 0. The Kier molecular flexibility index (Phi) is 7.17. The monoisotopic (exact) mass is 703 g/mol. The fourth-order valence-electron chi connectivity index (χ4n) is 8.29. The van der Waals surface area contributed by atoms with Gasteiger partial charge in [-0.25, -0.2) is 0 Å². The molecule has 0 aliphatic rings. The molecule has 0 aliphatic heterocycles. The third kappa shape index (κ3) is 5.20. The molecule has 11 rings (SSSR count).